The Hall–Kier alpha value is -4.06. The minimum atomic E-state index is -4.76. The zero-order chi connectivity index (χ0) is 28.6. The number of hydrogen-bond donors (Lipinski definition) is 0. The molecule has 0 bridgehead atoms. The molecule has 2 aromatic carbocycles. The number of benzene rings is 2. The van der Waals surface area contributed by atoms with Crippen LogP contribution in [0.3, 0.4) is 0 Å². The van der Waals surface area contributed by atoms with E-state index in [1.165, 1.54) is 23.6 Å². The number of rotatable bonds is 7. The van der Waals surface area contributed by atoms with Crippen LogP contribution in [0.5, 0.6) is 0 Å². The number of halogens is 4. The molecule has 0 aliphatic heterocycles. The second-order valence-electron chi connectivity index (χ2n) is 8.53. The summed E-state index contributed by atoms with van der Waals surface area (Å²) >= 11 is 6.02. The fourth-order valence-corrected chi connectivity index (χ4v) is 4.73. The van der Waals surface area contributed by atoms with Gasteiger partial charge in [0.15, 0.2) is 0 Å². The molecule has 4 rings (SSSR count). The second kappa shape index (κ2) is 10.6. The van der Waals surface area contributed by atoms with Crippen molar-refractivity contribution in [2.24, 2.45) is 0 Å². The molecule has 9 nitrogen and oxygen atoms in total. The highest BCUT2D eigenvalue weighted by Gasteiger charge is 2.34. The topological polar surface area (TPSA) is 97.2 Å². The molecule has 0 unspecified atom stereocenters. The van der Waals surface area contributed by atoms with Crippen LogP contribution in [0.25, 0.3) is 16.7 Å². The first-order valence-electron chi connectivity index (χ1n) is 12.1. The number of hydrogen-bond acceptors (Lipinski definition) is 5. The molecule has 0 aliphatic carbocycles. The van der Waals surface area contributed by atoms with Crippen LogP contribution >= 0.6 is 11.6 Å². The molecule has 4 aromatic rings. The second-order valence-corrected chi connectivity index (χ2v) is 8.91. The number of esters is 1. The molecule has 13 heteroatoms. The molecule has 0 fully saturated rings. The number of fused-ring (bicyclic) bond motifs is 1. The summed E-state index contributed by atoms with van der Waals surface area (Å²) in [5.74, 6) is -1.01. The Morgan fingerprint density at radius 3 is 2.21 bits per heavy atom. The lowest BCUT2D eigenvalue weighted by atomic mass is 10.1. The lowest BCUT2D eigenvalue weighted by molar-refractivity contribution is -0.137. The summed E-state index contributed by atoms with van der Waals surface area (Å²) in [6.45, 7) is 5.21. The van der Waals surface area contributed by atoms with Crippen molar-refractivity contribution in [1.82, 2.24) is 18.3 Å². The van der Waals surface area contributed by atoms with Crippen molar-refractivity contribution in [3.63, 3.8) is 0 Å². The Morgan fingerprint density at radius 1 is 0.923 bits per heavy atom. The minimum absolute atomic E-state index is 0.0594. The lowest BCUT2D eigenvalue weighted by Gasteiger charge is -2.16. The Morgan fingerprint density at radius 2 is 1.59 bits per heavy atom. The normalized spacial score (nSPS) is 11.8. The number of aryl methyl sites for hydroxylation is 2. The molecule has 206 valence electrons. The van der Waals surface area contributed by atoms with Gasteiger partial charge in [0.2, 0.25) is 0 Å². The molecule has 2 heterocycles. The highest BCUT2D eigenvalue weighted by molar-refractivity contribution is 6.32. The van der Waals surface area contributed by atoms with Gasteiger partial charge in [0.05, 0.1) is 40.5 Å². The summed E-state index contributed by atoms with van der Waals surface area (Å²) in [5, 5.41) is -0.668. The van der Waals surface area contributed by atoms with Crippen molar-refractivity contribution < 1.29 is 22.7 Å². The monoisotopic (exact) mass is 564 g/mol. The van der Waals surface area contributed by atoms with Crippen molar-refractivity contribution in [1.29, 1.82) is 0 Å². The van der Waals surface area contributed by atoms with Crippen molar-refractivity contribution in [3.8, 4) is 5.69 Å². The van der Waals surface area contributed by atoms with E-state index in [2.05, 4.69) is 0 Å². The fourth-order valence-electron chi connectivity index (χ4n) is 4.44. The summed E-state index contributed by atoms with van der Waals surface area (Å²) in [7, 11) is 0. The van der Waals surface area contributed by atoms with E-state index in [1.807, 2.05) is 6.92 Å². The minimum Gasteiger partial charge on any atom is -0.462 e. The first kappa shape index (κ1) is 28.0. The largest absolute Gasteiger partial charge is 0.462 e. The van der Waals surface area contributed by atoms with Crippen molar-refractivity contribution in [2.75, 3.05) is 6.61 Å². The molecule has 0 aliphatic rings. The molecule has 0 radical (unpaired) electrons. The van der Waals surface area contributed by atoms with E-state index in [1.54, 1.807) is 23.6 Å². The van der Waals surface area contributed by atoms with E-state index in [0.717, 1.165) is 22.9 Å². The van der Waals surface area contributed by atoms with E-state index < -0.39 is 46.1 Å². The highest BCUT2D eigenvalue weighted by Crippen LogP contribution is 2.36. The molecule has 2 aromatic heterocycles. The molecule has 0 N–H and O–H groups in total. The summed E-state index contributed by atoms with van der Waals surface area (Å²) < 4.78 is 49.9. The third kappa shape index (κ3) is 4.91. The number of alkyl halides is 3. The van der Waals surface area contributed by atoms with Crippen molar-refractivity contribution in [3.05, 3.63) is 95.6 Å². The van der Waals surface area contributed by atoms with Crippen LogP contribution in [0.15, 0.2) is 57.0 Å². The number of carbonyl (C=O) groups excluding carboxylic acids is 1. The lowest BCUT2D eigenvalue weighted by Crippen LogP contribution is -2.42. The Balaban J connectivity index is 1.98. The predicted octanol–water partition coefficient (Wildman–Crippen LogP) is 4.05. The predicted molar refractivity (Wildman–Crippen MR) is 139 cm³/mol. The fraction of sp³-hybridized carbons (Fsp3) is 0.308. The van der Waals surface area contributed by atoms with Crippen LogP contribution in [0.4, 0.5) is 13.2 Å². The molecule has 0 saturated heterocycles. The van der Waals surface area contributed by atoms with Gasteiger partial charge >= 0.3 is 23.5 Å². The van der Waals surface area contributed by atoms with Gasteiger partial charge < -0.3 is 4.74 Å². The average molecular weight is 565 g/mol. The maximum Gasteiger partial charge on any atom is 0.417 e. The third-order valence-corrected chi connectivity index (χ3v) is 6.74. The van der Waals surface area contributed by atoms with Crippen LogP contribution in [-0.2, 0) is 30.5 Å². The van der Waals surface area contributed by atoms with Gasteiger partial charge in [-0.3, -0.25) is 23.1 Å². The van der Waals surface area contributed by atoms with E-state index in [0.29, 0.717) is 28.7 Å². The van der Waals surface area contributed by atoms with E-state index in [4.69, 9.17) is 16.3 Å². The highest BCUT2D eigenvalue weighted by atomic mass is 35.5. The van der Waals surface area contributed by atoms with E-state index in [9.17, 15) is 32.3 Å². The summed E-state index contributed by atoms with van der Waals surface area (Å²) in [5.41, 5.74) is -2.63. The molecule has 0 spiro atoms. The van der Waals surface area contributed by atoms with Gasteiger partial charge in [-0.05, 0) is 50.6 Å². The van der Waals surface area contributed by atoms with Crippen molar-refractivity contribution >= 4 is 28.6 Å². The first-order valence-corrected chi connectivity index (χ1v) is 12.4. The Bertz CT molecular complexity index is 1760. The van der Waals surface area contributed by atoms with Crippen molar-refractivity contribution in [2.45, 2.75) is 46.6 Å². The Kier molecular flexibility index (Phi) is 7.60. The van der Waals surface area contributed by atoms with E-state index in [-0.39, 0.29) is 23.5 Å². The van der Waals surface area contributed by atoms with Gasteiger partial charge in [-0.15, -0.1) is 0 Å². The summed E-state index contributed by atoms with van der Waals surface area (Å²) in [4.78, 5) is 52.2. The SMILES string of the molecule is CCOC(=O)c1cn(-c2ccc3c(c2)n(CC)c(=O)n3CC)c(=O)n(Cc2cccc(C(F)(F)F)c2Cl)c1=O. The maximum absolute atomic E-state index is 13.6. The zero-order valence-corrected chi connectivity index (χ0v) is 22.0. The van der Waals surface area contributed by atoms with Gasteiger partial charge in [-0.2, -0.15) is 13.2 Å². The van der Waals surface area contributed by atoms with Gasteiger partial charge in [-0.25, -0.2) is 14.4 Å². The summed E-state index contributed by atoms with van der Waals surface area (Å²) in [6.07, 6.45) is -3.73. The number of imidazole rings is 1. The van der Waals surface area contributed by atoms with E-state index >= 15 is 0 Å². The number of aromatic nitrogens is 4. The quantitative estimate of drug-likeness (QED) is 0.316. The standard InChI is InChI=1S/C26H24ClF3N4O5/c1-4-31-19-11-10-16(12-20(19)32(5-2)24(31)37)33-14-17(23(36)39-6-3)22(35)34(25(33)38)13-15-8-7-9-18(21(15)27)26(28,29)30/h7-12,14H,4-6,13H2,1-3H3. The molecule has 0 saturated carbocycles. The smallest absolute Gasteiger partial charge is 0.417 e. The molecule has 39 heavy (non-hydrogen) atoms. The average Bonchev–Trinajstić information content (AvgIpc) is 3.16. The third-order valence-electron chi connectivity index (χ3n) is 6.29. The Labute approximate surface area is 224 Å². The van der Waals surface area contributed by atoms with Crippen LogP contribution < -0.4 is 16.9 Å². The molecule has 0 atom stereocenters. The molecular weight excluding hydrogens is 541 g/mol. The zero-order valence-electron chi connectivity index (χ0n) is 21.2. The maximum atomic E-state index is 13.6. The number of ether oxygens (including phenoxy) is 1. The van der Waals surface area contributed by atoms with Gasteiger partial charge in [-0.1, -0.05) is 23.7 Å². The first-order chi connectivity index (χ1) is 18.4. The number of nitrogens with zero attached hydrogens (tertiary/aromatic N) is 4. The molecule has 0 amide bonds. The van der Waals surface area contributed by atoms with Crippen LogP contribution in [-0.4, -0.2) is 30.8 Å². The van der Waals surface area contributed by atoms with Crippen LogP contribution in [0, 0.1) is 0 Å². The summed E-state index contributed by atoms with van der Waals surface area (Å²) in [6, 6.07) is 7.89. The number of carbonyl (C=O) groups is 1. The molecular formula is C26H24ClF3N4O5. The van der Waals surface area contributed by atoms with Crippen LogP contribution in [0.1, 0.15) is 42.3 Å². The van der Waals surface area contributed by atoms with Gasteiger partial charge in [0, 0.05) is 19.3 Å². The van der Waals surface area contributed by atoms with Gasteiger partial charge in [0.1, 0.15) is 5.56 Å². The van der Waals surface area contributed by atoms with Gasteiger partial charge in [0.25, 0.3) is 5.56 Å². The van der Waals surface area contributed by atoms with Crippen LogP contribution in [0.2, 0.25) is 5.02 Å².